The number of amides is 2. The van der Waals surface area contributed by atoms with Gasteiger partial charge < -0.3 is 10.2 Å². The van der Waals surface area contributed by atoms with Crippen LogP contribution in [0.25, 0.3) is 0 Å². The Morgan fingerprint density at radius 3 is 2.38 bits per heavy atom. The molecule has 1 aliphatic rings. The maximum absolute atomic E-state index is 12.8. The summed E-state index contributed by atoms with van der Waals surface area (Å²) in [4.78, 5) is 25.3. The average molecular weight is 353 g/mol. The minimum absolute atomic E-state index is 0.0511. The summed E-state index contributed by atoms with van der Waals surface area (Å²) < 4.78 is 26.9. The molecule has 1 fully saturated rings. The van der Waals surface area contributed by atoms with E-state index in [4.69, 9.17) is 0 Å². The molecule has 2 amide bonds. The number of piperidine rings is 1. The van der Waals surface area contributed by atoms with E-state index in [1.807, 2.05) is 0 Å². The molecule has 2 rings (SSSR count). The van der Waals surface area contributed by atoms with E-state index in [9.17, 15) is 18.0 Å². The molecule has 0 radical (unpaired) electrons. The van der Waals surface area contributed by atoms with Gasteiger partial charge >= 0.3 is 0 Å². The van der Waals surface area contributed by atoms with Crippen LogP contribution in [0.4, 0.5) is 0 Å². The highest BCUT2D eigenvalue weighted by atomic mass is 32.2. The quantitative estimate of drug-likeness (QED) is 0.856. The van der Waals surface area contributed by atoms with Gasteiger partial charge in [-0.2, -0.15) is 4.31 Å². The fourth-order valence-electron chi connectivity index (χ4n) is 2.80. The number of nitrogens with one attached hydrogen (secondary N) is 1. The molecule has 7 nitrogen and oxygen atoms in total. The van der Waals surface area contributed by atoms with Gasteiger partial charge in [0.15, 0.2) is 0 Å². The number of nitrogens with zero attached hydrogens (tertiary/aromatic N) is 2. The maximum atomic E-state index is 12.8. The van der Waals surface area contributed by atoms with Crippen LogP contribution in [0, 0.1) is 5.92 Å². The summed E-state index contributed by atoms with van der Waals surface area (Å²) in [5.41, 5.74) is 0.399. The smallest absolute Gasteiger partial charge is 0.251 e. The molecule has 0 saturated carbocycles. The van der Waals surface area contributed by atoms with Crippen molar-refractivity contribution in [1.29, 1.82) is 0 Å². The summed E-state index contributed by atoms with van der Waals surface area (Å²) in [6.07, 6.45) is 1.35. The second-order valence-corrected chi connectivity index (χ2v) is 7.98. The Labute approximate surface area is 142 Å². The van der Waals surface area contributed by atoms with E-state index in [-0.39, 0.29) is 29.2 Å². The van der Waals surface area contributed by atoms with Crippen LogP contribution in [0.15, 0.2) is 29.2 Å². The topological polar surface area (TPSA) is 86.8 Å². The predicted octanol–water partition coefficient (Wildman–Crippen LogP) is 0.535. The molecule has 1 heterocycles. The SMILES string of the molecule is CNC(=O)c1ccc(S(=O)(=O)N2CCC[C@@H](C(=O)N(C)C)C2)cc1. The fraction of sp³-hybridized carbons (Fsp3) is 0.500. The first kappa shape index (κ1) is 18.4. The first-order chi connectivity index (χ1) is 11.3. The Balaban J connectivity index is 2.20. The Morgan fingerprint density at radius 2 is 1.83 bits per heavy atom. The zero-order valence-corrected chi connectivity index (χ0v) is 15.0. The number of benzene rings is 1. The molecule has 1 saturated heterocycles. The van der Waals surface area contributed by atoms with Crippen LogP contribution >= 0.6 is 0 Å². The molecule has 24 heavy (non-hydrogen) atoms. The standard InChI is InChI=1S/C16H23N3O4S/c1-17-15(20)12-6-8-14(9-7-12)24(22,23)19-10-4-5-13(11-19)16(21)18(2)3/h6-9,13H,4-5,10-11H2,1-3H3,(H,17,20)/t13-/m1/s1. The molecule has 1 aromatic rings. The summed E-state index contributed by atoms with van der Waals surface area (Å²) in [6.45, 7) is 0.591. The molecule has 0 aliphatic carbocycles. The molecule has 1 aliphatic heterocycles. The van der Waals surface area contributed by atoms with Gasteiger partial charge in [-0.05, 0) is 37.1 Å². The second-order valence-electron chi connectivity index (χ2n) is 6.04. The van der Waals surface area contributed by atoms with Gasteiger partial charge in [0.25, 0.3) is 5.91 Å². The number of sulfonamides is 1. The number of hydrogen-bond donors (Lipinski definition) is 1. The maximum Gasteiger partial charge on any atom is 0.251 e. The lowest BCUT2D eigenvalue weighted by Crippen LogP contribution is -2.45. The van der Waals surface area contributed by atoms with E-state index < -0.39 is 10.0 Å². The molecule has 0 bridgehead atoms. The lowest BCUT2D eigenvalue weighted by Gasteiger charge is -2.32. The van der Waals surface area contributed by atoms with Crippen LogP contribution in [0.2, 0.25) is 0 Å². The van der Waals surface area contributed by atoms with Crippen molar-refractivity contribution in [3.63, 3.8) is 0 Å². The number of carbonyl (C=O) groups is 2. The van der Waals surface area contributed by atoms with Crippen molar-refractivity contribution in [3.8, 4) is 0 Å². The van der Waals surface area contributed by atoms with Gasteiger partial charge in [0.05, 0.1) is 10.8 Å². The van der Waals surface area contributed by atoms with Gasteiger partial charge in [0.2, 0.25) is 15.9 Å². The van der Waals surface area contributed by atoms with E-state index in [0.29, 0.717) is 24.9 Å². The second kappa shape index (κ2) is 7.31. The van der Waals surface area contributed by atoms with Crippen LogP contribution in [0.1, 0.15) is 23.2 Å². The van der Waals surface area contributed by atoms with Gasteiger partial charge in [-0.25, -0.2) is 8.42 Å². The molecule has 1 aromatic carbocycles. The van der Waals surface area contributed by atoms with Crippen molar-refractivity contribution < 1.29 is 18.0 Å². The molecule has 0 unspecified atom stereocenters. The van der Waals surface area contributed by atoms with Crippen molar-refractivity contribution in [3.05, 3.63) is 29.8 Å². The summed E-state index contributed by atoms with van der Waals surface area (Å²) in [6, 6.07) is 5.82. The van der Waals surface area contributed by atoms with Crippen LogP contribution < -0.4 is 5.32 Å². The van der Waals surface area contributed by atoms with Crippen molar-refractivity contribution in [2.24, 2.45) is 5.92 Å². The third-order valence-corrected chi connectivity index (χ3v) is 6.03. The average Bonchev–Trinajstić information content (AvgIpc) is 2.60. The molecule has 0 spiro atoms. The Morgan fingerprint density at radius 1 is 1.21 bits per heavy atom. The van der Waals surface area contributed by atoms with Crippen LogP contribution in [-0.2, 0) is 14.8 Å². The zero-order valence-electron chi connectivity index (χ0n) is 14.2. The minimum atomic E-state index is -3.67. The highest BCUT2D eigenvalue weighted by molar-refractivity contribution is 7.89. The summed E-state index contributed by atoms with van der Waals surface area (Å²) in [7, 11) is 1.19. The van der Waals surface area contributed by atoms with Gasteiger partial charge in [0.1, 0.15) is 0 Å². The molecule has 0 aromatic heterocycles. The van der Waals surface area contributed by atoms with E-state index in [1.54, 1.807) is 14.1 Å². The minimum Gasteiger partial charge on any atom is -0.355 e. The third-order valence-electron chi connectivity index (χ3n) is 4.16. The van der Waals surface area contributed by atoms with Crippen LogP contribution in [0.5, 0.6) is 0 Å². The molecule has 8 heteroatoms. The van der Waals surface area contributed by atoms with Gasteiger partial charge in [0, 0.05) is 39.8 Å². The van der Waals surface area contributed by atoms with Crippen LogP contribution in [-0.4, -0.2) is 63.7 Å². The number of rotatable bonds is 4. The molecule has 1 atom stereocenters. The van der Waals surface area contributed by atoms with Crippen molar-refractivity contribution in [2.45, 2.75) is 17.7 Å². The molecular formula is C16H23N3O4S. The normalized spacial score (nSPS) is 18.9. The van der Waals surface area contributed by atoms with Crippen molar-refractivity contribution in [1.82, 2.24) is 14.5 Å². The molecule has 132 valence electrons. The van der Waals surface area contributed by atoms with Crippen molar-refractivity contribution >= 4 is 21.8 Å². The monoisotopic (exact) mass is 353 g/mol. The zero-order chi connectivity index (χ0) is 17.9. The lowest BCUT2D eigenvalue weighted by molar-refractivity contribution is -0.134. The van der Waals surface area contributed by atoms with Crippen LogP contribution in [0.3, 0.4) is 0 Å². The largest absolute Gasteiger partial charge is 0.355 e. The van der Waals surface area contributed by atoms with E-state index in [0.717, 1.165) is 0 Å². The Kier molecular flexibility index (Phi) is 5.61. The Bertz CT molecular complexity index is 713. The van der Waals surface area contributed by atoms with Crippen molar-refractivity contribution in [2.75, 3.05) is 34.2 Å². The van der Waals surface area contributed by atoms with Gasteiger partial charge in [-0.15, -0.1) is 0 Å². The number of carbonyl (C=O) groups excluding carboxylic acids is 2. The van der Waals surface area contributed by atoms with E-state index in [1.165, 1.54) is 40.5 Å². The first-order valence-electron chi connectivity index (χ1n) is 7.81. The Hall–Kier alpha value is -1.93. The number of hydrogen-bond acceptors (Lipinski definition) is 4. The summed E-state index contributed by atoms with van der Waals surface area (Å²) in [5.74, 6) is -0.632. The summed E-state index contributed by atoms with van der Waals surface area (Å²) in [5, 5.41) is 2.49. The predicted molar refractivity (Wildman–Crippen MR) is 90.0 cm³/mol. The summed E-state index contributed by atoms with van der Waals surface area (Å²) >= 11 is 0. The van der Waals surface area contributed by atoms with E-state index >= 15 is 0 Å². The molecule has 1 N–H and O–H groups in total. The fourth-order valence-corrected chi connectivity index (χ4v) is 4.32. The lowest BCUT2D eigenvalue weighted by atomic mass is 9.98. The highest BCUT2D eigenvalue weighted by Crippen LogP contribution is 2.24. The van der Waals surface area contributed by atoms with Gasteiger partial charge in [-0.1, -0.05) is 0 Å². The van der Waals surface area contributed by atoms with Gasteiger partial charge in [-0.3, -0.25) is 9.59 Å². The third kappa shape index (κ3) is 3.76. The first-order valence-corrected chi connectivity index (χ1v) is 9.25. The molecular weight excluding hydrogens is 330 g/mol. The van der Waals surface area contributed by atoms with E-state index in [2.05, 4.69) is 5.32 Å². The highest BCUT2D eigenvalue weighted by Gasteiger charge is 2.33.